The Morgan fingerprint density at radius 2 is 2.16 bits per heavy atom. The van der Waals surface area contributed by atoms with Gasteiger partial charge in [0.25, 0.3) is 0 Å². The zero-order valence-corrected chi connectivity index (χ0v) is 12.3. The first kappa shape index (κ1) is 14.0. The molecule has 0 saturated heterocycles. The third-order valence-electron chi connectivity index (χ3n) is 3.32. The third-order valence-corrected chi connectivity index (χ3v) is 4.37. The summed E-state index contributed by atoms with van der Waals surface area (Å²) in [4.78, 5) is 3.50. The maximum atomic E-state index is 13.4. The predicted molar refractivity (Wildman–Crippen MR) is 80.3 cm³/mol. The van der Waals surface area contributed by atoms with E-state index in [0.717, 1.165) is 11.3 Å². The quantitative estimate of drug-likeness (QED) is 0.895. The summed E-state index contributed by atoms with van der Waals surface area (Å²) < 4.78 is 13.4. The highest BCUT2D eigenvalue weighted by atomic mass is 32.1. The molecule has 102 valence electrons. The van der Waals surface area contributed by atoms with Gasteiger partial charge in [-0.25, -0.2) is 4.39 Å². The molecule has 1 unspecified atom stereocenters. The Morgan fingerprint density at radius 3 is 2.79 bits per heavy atom. The van der Waals surface area contributed by atoms with Gasteiger partial charge < -0.3 is 10.2 Å². The average Bonchev–Trinajstić information content (AvgIpc) is 2.91. The van der Waals surface area contributed by atoms with Crippen LogP contribution >= 0.6 is 11.3 Å². The number of halogens is 1. The number of nitrogens with one attached hydrogen (secondary N) is 1. The molecule has 19 heavy (non-hydrogen) atoms. The Labute approximate surface area is 117 Å². The van der Waals surface area contributed by atoms with Crippen LogP contribution in [0.2, 0.25) is 0 Å². The Balaban J connectivity index is 2.30. The number of benzene rings is 1. The van der Waals surface area contributed by atoms with Gasteiger partial charge in [-0.15, -0.1) is 11.3 Å². The summed E-state index contributed by atoms with van der Waals surface area (Å²) in [6.07, 6.45) is 0. The van der Waals surface area contributed by atoms with Crippen molar-refractivity contribution in [2.45, 2.75) is 19.5 Å². The minimum absolute atomic E-state index is 0.189. The number of anilines is 1. The molecule has 0 amide bonds. The summed E-state index contributed by atoms with van der Waals surface area (Å²) in [5.41, 5.74) is 2.05. The van der Waals surface area contributed by atoms with Crippen molar-refractivity contribution in [1.82, 2.24) is 5.32 Å². The fourth-order valence-corrected chi connectivity index (χ4v) is 2.99. The molecule has 2 rings (SSSR count). The van der Waals surface area contributed by atoms with Gasteiger partial charge in [0.1, 0.15) is 5.82 Å². The van der Waals surface area contributed by atoms with E-state index < -0.39 is 0 Å². The second-order valence-electron chi connectivity index (χ2n) is 4.61. The predicted octanol–water partition coefficient (Wildman–Crippen LogP) is 3.80. The van der Waals surface area contributed by atoms with Crippen LogP contribution in [0.1, 0.15) is 23.4 Å². The highest BCUT2D eigenvalue weighted by Gasteiger charge is 2.16. The van der Waals surface area contributed by atoms with E-state index in [-0.39, 0.29) is 11.9 Å². The summed E-state index contributed by atoms with van der Waals surface area (Å²) in [6, 6.07) is 9.44. The van der Waals surface area contributed by atoms with E-state index in [1.807, 2.05) is 13.1 Å². The van der Waals surface area contributed by atoms with Crippen molar-refractivity contribution in [1.29, 1.82) is 0 Å². The number of rotatable bonds is 5. The summed E-state index contributed by atoms with van der Waals surface area (Å²) in [7, 11) is 3.92. The second-order valence-corrected chi connectivity index (χ2v) is 5.58. The average molecular weight is 278 g/mol. The van der Waals surface area contributed by atoms with Gasteiger partial charge >= 0.3 is 0 Å². The fourth-order valence-electron chi connectivity index (χ4n) is 2.16. The van der Waals surface area contributed by atoms with Crippen molar-refractivity contribution in [3.63, 3.8) is 0 Å². The first-order valence-electron chi connectivity index (χ1n) is 6.32. The van der Waals surface area contributed by atoms with Crippen LogP contribution in [0, 0.1) is 5.82 Å². The van der Waals surface area contributed by atoms with Crippen LogP contribution in [0.4, 0.5) is 10.1 Å². The molecule has 2 aromatic rings. The van der Waals surface area contributed by atoms with Gasteiger partial charge in [-0.05, 0) is 49.2 Å². The monoisotopic (exact) mass is 278 g/mol. The van der Waals surface area contributed by atoms with E-state index in [1.54, 1.807) is 17.4 Å². The van der Waals surface area contributed by atoms with E-state index in [1.165, 1.54) is 10.9 Å². The Hall–Kier alpha value is -1.39. The summed E-state index contributed by atoms with van der Waals surface area (Å²) in [5, 5.41) is 5.17. The van der Waals surface area contributed by atoms with Crippen LogP contribution in [0.25, 0.3) is 0 Å². The molecule has 1 N–H and O–H groups in total. The lowest BCUT2D eigenvalue weighted by molar-refractivity contribution is 0.622. The molecule has 0 aliphatic carbocycles. The maximum absolute atomic E-state index is 13.4. The van der Waals surface area contributed by atoms with Crippen LogP contribution in [-0.4, -0.2) is 14.1 Å². The van der Waals surface area contributed by atoms with Crippen LogP contribution in [0.15, 0.2) is 35.7 Å². The molecular weight excluding hydrogens is 259 g/mol. The van der Waals surface area contributed by atoms with Crippen LogP contribution < -0.4 is 10.2 Å². The summed E-state index contributed by atoms with van der Waals surface area (Å²) in [6.45, 7) is 2.83. The molecule has 2 nitrogen and oxygen atoms in total. The number of nitrogens with zero attached hydrogens (tertiary/aromatic N) is 1. The smallest absolute Gasteiger partial charge is 0.123 e. The van der Waals surface area contributed by atoms with Crippen molar-refractivity contribution in [2.75, 3.05) is 19.0 Å². The van der Waals surface area contributed by atoms with Gasteiger partial charge in [0.05, 0.1) is 6.04 Å². The van der Waals surface area contributed by atoms with E-state index in [2.05, 4.69) is 41.7 Å². The first-order chi connectivity index (χ1) is 9.13. The molecule has 4 heteroatoms. The highest BCUT2D eigenvalue weighted by molar-refractivity contribution is 7.10. The largest absolute Gasteiger partial charge is 0.367 e. The molecule has 0 spiro atoms. The minimum atomic E-state index is -0.189. The van der Waals surface area contributed by atoms with E-state index in [4.69, 9.17) is 0 Å². The zero-order valence-electron chi connectivity index (χ0n) is 11.5. The highest BCUT2D eigenvalue weighted by Crippen LogP contribution is 2.30. The molecule has 1 aromatic carbocycles. The topological polar surface area (TPSA) is 15.3 Å². The normalized spacial score (nSPS) is 12.4. The molecule has 1 heterocycles. The van der Waals surface area contributed by atoms with Crippen molar-refractivity contribution in [3.05, 3.63) is 52.0 Å². The number of thiophene rings is 1. The van der Waals surface area contributed by atoms with Crippen molar-refractivity contribution < 1.29 is 4.39 Å². The third kappa shape index (κ3) is 3.14. The van der Waals surface area contributed by atoms with E-state index in [9.17, 15) is 4.39 Å². The number of hydrogen-bond donors (Lipinski definition) is 1. The zero-order chi connectivity index (χ0) is 13.8. The fraction of sp³-hybridized carbons (Fsp3) is 0.333. The lowest BCUT2D eigenvalue weighted by atomic mass is 10.1. The van der Waals surface area contributed by atoms with Gasteiger partial charge in [-0.2, -0.15) is 0 Å². The van der Waals surface area contributed by atoms with E-state index in [0.29, 0.717) is 6.54 Å². The molecular formula is C15H19FN2S. The van der Waals surface area contributed by atoms with Gasteiger partial charge in [-0.1, -0.05) is 6.07 Å². The lowest BCUT2D eigenvalue weighted by Crippen LogP contribution is -2.23. The van der Waals surface area contributed by atoms with Crippen molar-refractivity contribution in [2.24, 2.45) is 0 Å². The molecule has 0 aliphatic rings. The lowest BCUT2D eigenvalue weighted by Gasteiger charge is -2.28. The minimum Gasteiger partial charge on any atom is -0.367 e. The molecule has 0 fully saturated rings. The van der Waals surface area contributed by atoms with Crippen LogP contribution in [-0.2, 0) is 6.54 Å². The summed E-state index contributed by atoms with van der Waals surface area (Å²) in [5.74, 6) is -0.189. The standard InChI is InChI=1S/C15H19FN2S/c1-11(15-5-4-8-19-15)18(3)14-7-6-13(16)9-12(14)10-17-2/h4-9,11,17H,10H2,1-3H3. The van der Waals surface area contributed by atoms with E-state index >= 15 is 0 Å². The van der Waals surface area contributed by atoms with Crippen LogP contribution in [0.3, 0.4) is 0 Å². The SMILES string of the molecule is CNCc1cc(F)ccc1N(C)C(C)c1cccs1. The Morgan fingerprint density at radius 1 is 1.37 bits per heavy atom. The number of hydrogen-bond acceptors (Lipinski definition) is 3. The molecule has 0 bridgehead atoms. The van der Waals surface area contributed by atoms with Crippen molar-refractivity contribution >= 4 is 17.0 Å². The molecule has 1 atom stereocenters. The van der Waals surface area contributed by atoms with Gasteiger partial charge in [0.15, 0.2) is 0 Å². The molecule has 0 saturated carbocycles. The Bertz CT molecular complexity index is 525. The Kier molecular flexibility index (Phi) is 4.56. The summed E-state index contributed by atoms with van der Waals surface area (Å²) >= 11 is 1.75. The maximum Gasteiger partial charge on any atom is 0.123 e. The van der Waals surface area contributed by atoms with Gasteiger partial charge in [0.2, 0.25) is 0 Å². The second kappa shape index (κ2) is 6.17. The first-order valence-corrected chi connectivity index (χ1v) is 7.20. The molecule has 1 aromatic heterocycles. The molecule has 0 aliphatic heterocycles. The van der Waals surface area contributed by atoms with Gasteiger partial charge in [-0.3, -0.25) is 0 Å². The van der Waals surface area contributed by atoms with Gasteiger partial charge in [0, 0.05) is 24.2 Å². The van der Waals surface area contributed by atoms with Crippen LogP contribution in [0.5, 0.6) is 0 Å². The van der Waals surface area contributed by atoms with Crippen molar-refractivity contribution in [3.8, 4) is 0 Å². The molecule has 0 radical (unpaired) electrons.